The zero-order chi connectivity index (χ0) is 10.6. The lowest BCUT2D eigenvalue weighted by atomic mass is 10.3. The summed E-state index contributed by atoms with van der Waals surface area (Å²) in [6.45, 7) is 0.224. The second-order valence-electron chi connectivity index (χ2n) is 3.62. The van der Waals surface area contributed by atoms with Crippen molar-refractivity contribution in [2.24, 2.45) is 5.92 Å². The van der Waals surface area contributed by atoms with E-state index in [2.05, 4.69) is 4.72 Å². The van der Waals surface area contributed by atoms with Crippen molar-refractivity contribution in [2.75, 3.05) is 12.3 Å². The van der Waals surface area contributed by atoms with Crippen LogP contribution in [0.4, 0.5) is 0 Å². The Hall–Kier alpha value is -0.620. The summed E-state index contributed by atoms with van der Waals surface area (Å²) in [6.07, 6.45) is 2.34. The molecule has 0 atom stereocenters. The molecular formula is C8H15NO4S. The van der Waals surface area contributed by atoms with Crippen LogP contribution in [0.2, 0.25) is 0 Å². The van der Waals surface area contributed by atoms with Crippen molar-refractivity contribution in [3.63, 3.8) is 0 Å². The van der Waals surface area contributed by atoms with Gasteiger partial charge >= 0.3 is 5.97 Å². The fourth-order valence-electron chi connectivity index (χ4n) is 1.12. The summed E-state index contributed by atoms with van der Waals surface area (Å²) >= 11 is 0. The quantitative estimate of drug-likeness (QED) is 0.601. The molecule has 0 aliphatic heterocycles. The van der Waals surface area contributed by atoms with E-state index in [1.54, 1.807) is 0 Å². The van der Waals surface area contributed by atoms with Crippen molar-refractivity contribution in [2.45, 2.75) is 25.7 Å². The molecule has 82 valence electrons. The second-order valence-corrected chi connectivity index (χ2v) is 5.47. The van der Waals surface area contributed by atoms with E-state index in [1.165, 1.54) is 0 Å². The summed E-state index contributed by atoms with van der Waals surface area (Å²) < 4.78 is 24.9. The average molecular weight is 221 g/mol. The number of carboxylic acids is 1. The fourth-order valence-corrected chi connectivity index (χ4v) is 2.65. The number of nitrogens with one attached hydrogen (secondary N) is 1. The molecule has 1 aliphatic rings. The Balaban J connectivity index is 2.12. The first kappa shape index (κ1) is 11.5. The van der Waals surface area contributed by atoms with Crippen LogP contribution in [0.5, 0.6) is 0 Å². The lowest BCUT2D eigenvalue weighted by Gasteiger charge is -2.04. The van der Waals surface area contributed by atoms with Crippen LogP contribution in [0.15, 0.2) is 0 Å². The van der Waals surface area contributed by atoms with Crippen molar-refractivity contribution in [1.29, 1.82) is 0 Å². The first-order valence-corrected chi connectivity index (χ1v) is 6.34. The molecule has 0 saturated heterocycles. The Morgan fingerprint density at radius 2 is 2.07 bits per heavy atom. The van der Waals surface area contributed by atoms with E-state index in [0.717, 1.165) is 12.8 Å². The third-order valence-corrected chi connectivity index (χ3v) is 3.60. The van der Waals surface area contributed by atoms with E-state index in [-0.39, 0.29) is 18.7 Å². The predicted molar refractivity (Wildman–Crippen MR) is 51.4 cm³/mol. The van der Waals surface area contributed by atoms with E-state index in [4.69, 9.17) is 5.11 Å². The van der Waals surface area contributed by atoms with Gasteiger partial charge in [0.2, 0.25) is 10.0 Å². The van der Waals surface area contributed by atoms with Gasteiger partial charge in [0.1, 0.15) is 0 Å². The van der Waals surface area contributed by atoms with Crippen molar-refractivity contribution in [3.8, 4) is 0 Å². The van der Waals surface area contributed by atoms with E-state index in [0.29, 0.717) is 12.3 Å². The summed E-state index contributed by atoms with van der Waals surface area (Å²) in [7, 11) is -3.16. The van der Waals surface area contributed by atoms with Gasteiger partial charge in [-0.15, -0.1) is 0 Å². The van der Waals surface area contributed by atoms with Crippen LogP contribution >= 0.6 is 0 Å². The molecule has 1 rings (SSSR count). The molecule has 0 amide bonds. The molecule has 0 heterocycles. The molecule has 0 radical (unpaired) electrons. The van der Waals surface area contributed by atoms with Crippen LogP contribution in [-0.4, -0.2) is 31.8 Å². The third kappa shape index (κ3) is 5.18. The standard InChI is InChI=1S/C8H15NO4S/c10-8(11)2-1-5-9-14(12,13)6-7-3-4-7/h7,9H,1-6H2,(H,10,11). The van der Waals surface area contributed by atoms with Crippen LogP contribution in [0.3, 0.4) is 0 Å². The largest absolute Gasteiger partial charge is 0.481 e. The van der Waals surface area contributed by atoms with Gasteiger partial charge in [-0.2, -0.15) is 0 Å². The van der Waals surface area contributed by atoms with Crippen molar-refractivity contribution >= 4 is 16.0 Å². The maximum absolute atomic E-state index is 11.3. The van der Waals surface area contributed by atoms with Gasteiger partial charge in [0.25, 0.3) is 0 Å². The van der Waals surface area contributed by atoms with Gasteiger partial charge in [-0.25, -0.2) is 13.1 Å². The SMILES string of the molecule is O=C(O)CCCNS(=O)(=O)CC1CC1. The highest BCUT2D eigenvalue weighted by Gasteiger charge is 2.27. The predicted octanol–water partition coefficient (Wildman–Crippen LogP) is 0.181. The lowest BCUT2D eigenvalue weighted by molar-refractivity contribution is -0.137. The molecule has 0 spiro atoms. The van der Waals surface area contributed by atoms with Crippen LogP contribution < -0.4 is 4.72 Å². The molecule has 0 aromatic carbocycles. The van der Waals surface area contributed by atoms with Crippen LogP contribution in [-0.2, 0) is 14.8 Å². The van der Waals surface area contributed by atoms with Gasteiger partial charge in [0.05, 0.1) is 5.75 Å². The Kier molecular flexibility index (Phi) is 3.88. The molecule has 1 fully saturated rings. The van der Waals surface area contributed by atoms with Gasteiger partial charge in [-0.3, -0.25) is 4.79 Å². The van der Waals surface area contributed by atoms with Gasteiger partial charge < -0.3 is 5.11 Å². The molecule has 14 heavy (non-hydrogen) atoms. The zero-order valence-corrected chi connectivity index (χ0v) is 8.72. The highest BCUT2D eigenvalue weighted by Crippen LogP contribution is 2.29. The summed E-state index contributed by atoms with van der Waals surface area (Å²) in [4.78, 5) is 10.1. The van der Waals surface area contributed by atoms with Gasteiger partial charge in [0.15, 0.2) is 0 Å². The van der Waals surface area contributed by atoms with E-state index in [1.807, 2.05) is 0 Å². The van der Waals surface area contributed by atoms with Crippen molar-refractivity contribution in [3.05, 3.63) is 0 Å². The summed E-state index contributed by atoms with van der Waals surface area (Å²) in [5.41, 5.74) is 0. The molecule has 0 bridgehead atoms. The first-order valence-electron chi connectivity index (χ1n) is 4.69. The molecule has 0 aromatic heterocycles. The van der Waals surface area contributed by atoms with E-state index in [9.17, 15) is 13.2 Å². The minimum absolute atomic E-state index is 0.00590. The topological polar surface area (TPSA) is 83.5 Å². The maximum Gasteiger partial charge on any atom is 0.303 e. The minimum atomic E-state index is -3.16. The highest BCUT2D eigenvalue weighted by atomic mass is 32.2. The molecule has 2 N–H and O–H groups in total. The first-order chi connectivity index (χ1) is 6.49. The van der Waals surface area contributed by atoms with Crippen LogP contribution in [0.25, 0.3) is 0 Å². The van der Waals surface area contributed by atoms with Gasteiger partial charge in [0, 0.05) is 13.0 Å². The number of carboxylic acid groups (broad SMARTS) is 1. The van der Waals surface area contributed by atoms with E-state index >= 15 is 0 Å². The molecule has 1 saturated carbocycles. The van der Waals surface area contributed by atoms with Gasteiger partial charge in [-0.1, -0.05) is 0 Å². The fraction of sp³-hybridized carbons (Fsp3) is 0.875. The second kappa shape index (κ2) is 4.75. The number of hydrogen-bond acceptors (Lipinski definition) is 3. The number of hydrogen-bond donors (Lipinski definition) is 2. The number of sulfonamides is 1. The average Bonchev–Trinajstić information content (AvgIpc) is 2.81. The molecule has 0 unspecified atom stereocenters. The Morgan fingerprint density at radius 1 is 1.43 bits per heavy atom. The van der Waals surface area contributed by atoms with Crippen LogP contribution in [0, 0.1) is 5.92 Å². The summed E-state index contributed by atoms with van der Waals surface area (Å²) in [6, 6.07) is 0. The third-order valence-electron chi connectivity index (χ3n) is 2.04. The number of rotatable bonds is 7. The molecule has 0 aromatic rings. The summed E-state index contributed by atoms with van der Waals surface area (Å²) in [5.74, 6) is -0.376. The Morgan fingerprint density at radius 3 is 2.57 bits per heavy atom. The normalized spacial score (nSPS) is 16.9. The molecule has 1 aliphatic carbocycles. The smallest absolute Gasteiger partial charge is 0.303 e. The number of aliphatic carboxylic acids is 1. The minimum Gasteiger partial charge on any atom is -0.481 e. The zero-order valence-electron chi connectivity index (χ0n) is 7.90. The highest BCUT2D eigenvalue weighted by molar-refractivity contribution is 7.89. The van der Waals surface area contributed by atoms with Crippen molar-refractivity contribution in [1.82, 2.24) is 4.72 Å². The molecule has 5 nitrogen and oxygen atoms in total. The Bertz CT molecular complexity index is 294. The van der Waals surface area contributed by atoms with E-state index < -0.39 is 16.0 Å². The monoisotopic (exact) mass is 221 g/mol. The lowest BCUT2D eigenvalue weighted by Crippen LogP contribution is -2.28. The number of carbonyl (C=O) groups is 1. The molecule has 6 heteroatoms. The van der Waals surface area contributed by atoms with Gasteiger partial charge in [-0.05, 0) is 25.2 Å². The molecular weight excluding hydrogens is 206 g/mol. The van der Waals surface area contributed by atoms with Crippen molar-refractivity contribution < 1.29 is 18.3 Å². The van der Waals surface area contributed by atoms with Crippen LogP contribution in [0.1, 0.15) is 25.7 Å². The maximum atomic E-state index is 11.3. The summed E-state index contributed by atoms with van der Waals surface area (Å²) in [5, 5.41) is 8.32. The Labute approximate surface area is 83.6 Å².